The molecule has 0 heterocycles. The quantitative estimate of drug-likeness (QED) is 0.745. The van der Waals surface area contributed by atoms with E-state index in [4.69, 9.17) is 4.74 Å². The van der Waals surface area contributed by atoms with Crippen molar-refractivity contribution in [1.82, 2.24) is 4.90 Å². The lowest BCUT2D eigenvalue weighted by molar-refractivity contribution is -0.131. The van der Waals surface area contributed by atoms with Crippen LogP contribution in [0.3, 0.4) is 0 Å². The van der Waals surface area contributed by atoms with Gasteiger partial charge in [-0.1, -0.05) is 24.3 Å². The fourth-order valence-electron chi connectivity index (χ4n) is 2.65. The first kappa shape index (κ1) is 20.0. The van der Waals surface area contributed by atoms with E-state index in [1.165, 1.54) is 6.26 Å². The smallest absolute Gasteiger partial charge is 0.223 e. The molecule has 2 aromatic rings. The number of hydrogen-bond acceptors (Lipinski definition) is 4. The maximum Gasteiger partial charge on any atom is 0.223 e. The maximum absolute atomic E-state index is 12.5. The normalized spacial score (nSPS) is 12.5. The van der Waals surface area contributed by atoms with E-state index in [9.17, 15) is 13.2 Å². The van der Waals surface area contributed by atoms with Crippen molar-refractivity contribution in [2.24, 2.45) is 0 Å². The predicted octanol–water partition coefficient (Wildman–Crippen LogP) is 3.25. The first-order chi connectivity index (χ1) is 12.2. The molecule has 0 aliphatic carbocycles. The van der Waals surface area contributed by atoms with Crippen LogP contribution in [-0.4, -0.2) is 39.6 Å². The van der Waals surface area contributed by atoms with Gasteiger partial charge in [0.15, 0.2) is 9.84 Å². The van der Waals surface area contributed by atoms with Gasteiger partial charge in [-0.15, -0.1) is 0 Å². The summed E-state index contributed by atoms with van der Waals surface area (Å²) in [7, 11) is 0.176. The van der Waals surface area contributed by atoms with Gasteiger partial charge in [0, 0.05) is 19.7 Å². The summed E-state index contributed by atoms with van der Waals surface area (Å²) in [5.74, 6) is 0.837. The van der Waals surface area contributed by atoms with Gasteiger partial charge in [0.1, 0.15) is 5.75 Å². The zero-order chi connectivity index (χ0) is 19.3. The second-order valence-electron chi connectivity index (χ2n) is 6.37. The lowest BCUT2D eigenvalue weighted by atomic mass is 10.1. The Kier molecular flexibility index (Phi) is 6.42. The lowest BCUT2D eigenvalue weighted by Gasteiger charge is -2.25. The Hall–Kier alpha value is -2.34. The molecule has 0 radical (unpaired) electrons. The summed E-state index contributed by atoms with van der Waals surface area (Å²) in [5.41, 5.74) is 1.98. The highest BCUT2D eigenvalue weighted by atomic mass is 32.2. The maximum atomic E-state index is 12.5. The van der Waals surface area contributed by atoms with Gasteiger partial charge < -0.3 is 9.64 Å². The highest BCUT2D eigenvalue weighted by Gasteiger charge is 2.18. The van der Waals surface area contributed by atoms with Crippen molar-refractivity contribution < 1.29 is 17.9 Å². The summed E-state index contributed by atoms with van der Waals surface area (Å²) in [6, 6.07) is 14.2. The zero-order valence-electron chi connectivity index (χ0n) is 15.6. The number of hydrogen-bond donors (Lipinski definition) is 0. The number of rotatable bonds is 7. The molecule has 26 heavy (non-hydrogen) atoms. The van der Waals surface area contributed by atoms with E-state index in [1.54, 1.807) is 43.3 Å². The van der Waals surface area contributed by atoms with E-state index in [-0.39, 0.29) is 16.8 Å². The molecule has 0 aromatic heterocycles. The van der Waals surface area contributed by atoms with E-state index in [2.05, 4.69) is 0 Å². The first-order valence-corrected chi connectivity index (χ1v) is 10.3. The van der Waals surface area contributed by atoms with E-state index in [0.717, 1.165) is 16.9 Å². The second-order valence-corrected chi connectivity index (χ2v) is 8.39. The van der Waals surface area contributed by atoms with Gasteiger partial charge in [0.2, 0.25) is 5.91 Å². The average Bonchev–Trinajstić information content (AvgIpc) is 2.64. The molecule has 140 valence electrons. The molecule has 0 saturated heterocycles. The molecule has 0 aliphatic heterocycles. The summed E-state index contributed by atoms with van der Waals surface area (Å²) >= 11 is 0. The minimum atomic E-state index is -3.22. The number of amides is 1. The summed E-state index contributed by atoms with van der Waals surface area (Å²) in [6.07, 6.45) is 2.25. The van der Waals surface area contributed by atoms with E-state index in [0.29, 0.717) is 12.8 Å². The molecule has 0 unspecified atom stereocenters. The SMILES string of the molecule is COc1ccc(CCC(=O)N(C)[C@@H](C)c2ccc(S(C)(=O)=O)cc2)cc1. The van der Waals surface area contributed by atoms with Crippen molar-refractivity contribution in [2.45, 2.75) is 30.7 Å². The van der Waals surface area contributed by atoms with Crippen LogP contribution in [0.25, 0.3) is 0 Å². The Morgan fingerprint density at radius 3 is 2.15 bits per heavy atom. The lowest BCUT2D eigenvalue weighted by Crippen LogP contribution is -2.29. The van der Waals surface area contributed by atoms with E-state index >= 15 is 0 Å². The fourth-order valence-corrected chi connectivity index (χ4v) is 3.28. The monoisotopic (exact) mass is 375 g/mol. The molecule has 0 bridgehead atoms. The number of nitrogens with zero attached hydrogens (tertiary/aromatic N) is 1. The molecule has 1 atom stereocenters. The van der Waals surface area contributed by atoms with Crippen LogP contribution >= 0.6 is 0 Å². The molecule has 0 aliphatic rings. The molecule has 2 rings (SSSR count). The third kappa shape index (κ3) is 5.08. The van der Waals surface area contributed by atoms with Crippen molar-refractivity contribution in [1.29, 1.82) is 0 Å². The second kappa shape index (κ2) is 8.36. The number of benzene rings is 2. The van der Waals surface area contributed by atoms with Crippen LogP contribution in [-0.2, 0) is 21.1 Å². The number of ether oxygens (including phenoxy) is 1. The largest absolute Gasteiger partial charge is 0.497 e. The third-order valence-corrected chi connectivity index (χ3v) is 5.68. The molecule has 1 amide bonds. The predicted molar refractivity (Wildman–Crippen MR) is 102 cm³/mol. The highest BCUT2D eigenvalue weighted by Crippen LogP contribution is 2.22. The number of carbonyl (C=O) groups is 1. The molecule has 0 spiro atoms. The van der Waals surface area contributed by atoms with Crippen molar-refractivity contribution >= 4 is 15.7 Å². The van der Waals surface area contributed by atoms with Gasteiger partial charge in [0.25, 0.3) is 0 Å². The van der Waals surface area contributed by atoms with E-state index < -0.39 is 9.84 Å². The summed E-state index contributed by atoms with van der Waals surface area (Å²) in [4.78, 5) is 14.5. The van der Waals surface area contributed by atoms with Crippen molar-refractivity contribution in [2.75, 3.05) is 20.4 Å². The molecule has 6 heteroatoms. The van der Waals surface area contributed by atoms with Crippen molar-refractivity contribution in [3.05, 3.63) is 59.7 Å². The number of carbonyl (C=O) groups excluding carboxylic acids is 1. The molecule has 5 nitrogen and oxygen atoms in total. The number of aryl methyl sites for hydroxylation is 1. The van der Waals surface area contributed by atoms with Crippen LogP contribution in [0.1, 0.15) is 30.5 Å². The highest BCUT2D eigenvalue weighted by molar-refractivity contribution is 7.90. The average molecular weight is 375 g/mol. The number of methoxy groups -OCH3 is 1. The minimum absolute atomic E-state index is 0.0421. The van der Waals surface area contributed by atoms with Gasteiger partial charge >= 0.3 is 0 Å². The van der Waals surface area contributed by atoms with Crippen LogP contribution in [0, 0.1) is 0 Å². The Labute approximate surface area is 155 Å². The Morgan fingerprint density at radius 2 is 1.65 bits per heavy atom. The standard InChI is InChI=1S/C20H25NO4S/c1-15(17-8-12-19(13-9-17)26(4,23)24)21(2)20(22)14-7-16-5-10-18(25-3)11-6-16/h5-6,8-13,15H,7,14H2,1-4H3/t15-/m0/s1. The first-order valence-electron chi connectivity index (χ1n) is 8.41. The van der Waals surface area contributed by atoms with Gasteiger partial charge in [-0.05, 0) is 48.7 Å². The van der Waals surface area contributed by atoms with Crippen LogP contribution in [0.5, 0.6) is 5.75 Å². The third-order valence-electron chi connectivity index (χ3n) is 4.55. The molecule has 0 saturated carbocycles. The molecular weight excluding hydrogens is 350 g/mol. The van der Waals surface area contributed by atoms with Gasteiger partial charge in [-0.25, -0.2) is 8.42 Å². The summed E-state index contributed by atoms with van der Waals surface area (Å²) in [6.45, 7) is 1.93. The van der Waals surface area contributed by atoms with Crippen molar-refractivity contribution in [3.63, 3.8) is 0 Å². The van der Waals surface area contributed by atoms with E-state index in [1.807, 2.05) is 31.2 Å². The zero-order valence-corrected chi connectivity index (χ0v) is 16.4. The molecule has 0 N–H and O–H groups in total. The topological polar surface area (TPSA) is 63.7 Å². The van der Waals surface area contributed by atoms with Crippen LogP contribution in [0.15, 0.2) is 53.4 Å². The van der Waals surface area contributed by atoms with Gasteiger partial charge in [-0.3, -0.25) is 4.79 Å². The van der Waals surface area contributed by atoms with Crippen LogP contribution in [0.2, 0.25) is 0 Å². The fraction of sp³-hybridized carbons (Fsp3) is 0.350. The molecule has 0 fully saturated rings. The van der Waals surface area contributed by atoms with Crippen LogP contribution in [0.4, 0.5) is 0 Å². The van der Waals surface area contributed by atoms with Gasteiger partial charge in [-0.2, -0.15) is 0 Å². The Balaban J connectivity index is 1.97. The van der Waals surface area contributed by atoms with Crippen molar-refractivity contribution in [3.8, 4) is 5.75 Å². The summed E-state index contributed by atoms with van der Waals surface area (Å²) < 4.78 is 28.2. The molecular formula is C20H25NO4S. The summed E-state index contributed by atoms with van der Waals surface area (Å²) in [5, 5.41) is 0. The Morgan fingerprint density at radius 1 is 1.08 bits per heavy atom. The minimum Gasteiger partial charge on any atom is -0.497 e. The van der Waals surface area contributed by atoms with Crippen LogP contribution < -0.4 is 4.74 Å². The molecule has 2 aromatic carbocycles. The Bertz CT molecular complexity index is 842. The van der Waals surface area contributed by atoms with Gasteiger partial charge in [0.05, 0.1) is 18.0 Å². The number of sulfone groups is 1.